The Labute approximate surface area is 86.5 Å². The fourth-order valence-electron chi connectivity index (χ4n) is 1.41. The number of rotatable bonds is 4. The molecule has 0 radical (unpaired) electrons. The van der Waals surface area contributed by atoms with Crippen molar-refractivity contribution in [1.82, 2.24) is 4.90 Å². The van der Waals surface area contributed by atoms with Gasteiger partial charge in [-0.2, -0.15) is 8.42 Å². The predicted molar refractivity (Wildman–Crippen MR) is 48.1 cm³/mol. The van der Waals surface area contributed by atoms with Crippen LogP contribution in [0, 0.1) is 0 Å². The molecule has 8 heteroatoms. The molecule has 0 aromatic rings. The van der Waals surface area contributed by atoms with Gasteiger partial charge in [-0.3, -0.25) is 4.79 Å². The summed E-state index contributed by atoms with van der Waals surface area (Å²) in [5.41, 5.74) is 0. The molecule has 2 unspecified atom stereocenters. The van der Waals surface area contributed by atoms with Gasteiger partial charge in [0.1, 0.15) is 5.25 Å². The fraction of sp³-hybridized carbons (Fsp3) is 0.857. The molecule has 1 aliphatic heterocycles. The maximum absolute atomic E-state index is 12.5. The Morgan fingerprint density at radius 1 is 1.60 bits per heavy atom. The van der Waals surface area contributed by atoms with E-state index >= 15 is 0 Å². The van der Waals surface area contributed by atoms with E-state index in [4.69, 9.17) is 10.2 Å². The van der Waals surface area contributed by atoms with Crippen molar-refractivity contribution in [3.8, 4) is 0 Å². The standard InChI is InChI=1S/C7H12FNO5S/c8-15(13,14)6-1-7(12)9(3-6)2-5(11)4-10/h5-6,10-11H,1-4H2. The van der Waals surface area contributed by atoms with Crippen LogP contribution in [0.25, 0.3) is 0 Å². The summed E-state index contributed by atoms with van der Waals surface area (Å²) in [6.07, 6.45) is -1.54. The number of likely N-dealkylation sites (tertiary alicyclic amines) is 1. The molecule has 0 bridgehead atoms. The van der Waals surface area contributed by atoms with Crippen molar-refractivity contribution in [3.63, 3.8) is 0 Å². The van der Waals surface area contributed by atoms with E-state index < -0.39 is 40.5 Å². The van der Waals surface area contributed by atoms with Gasteiger partial charge in [-0.1, -0.05) is 0 Å². The molecule has 1 rings (SSSR count). The second kappa shape index (κ2) is 4.42. The Kier molecular flexibility index (Phi) is 3.63. The van der Waals surface area contributed by atoms with Crippen molar-refractivity contribution >= 4 is 16.1 Å². The number of halogens is 1. The summed E-state index contributed by atoms with van der Waals surface area (Å²) in [5, 5.41) is 16.2. The summed E-state index contributed by atoms with van der Waals surface area (Å²) in [5.74, 6) is -0.534. The van der Waals surface area contributed by atoms with Gasteiger partial charge in [0.2, 0.25) is 5.91 Å². The van der Waals surface area contributed by atoms with Crippen molar-refractivity contribution in [2.45, 2.75) is 17.8 Å². The van der Waals surface area contributed by atoms with Gasteiger partial charge in [0.25, 0.3) is 0 Å². The van der Waals surface area contributed by atoms with Crippen LogP contribution in [0.5, 0.6) is 0 Å². The second-order valence-electron chi connectivity index (χ2n) is 3.44. The van der Waals surface area contributed by atoms with Gasteiger partial charge in [-0.25, -0.2) is 0 Å². The molecule has 0 spiro atoms. The summed E-state index contributed by atoms with van der Waals surface area (Å²) < 4.78 is 33.6. The van der Waals surface area contributed by atoms with Crippen LogP contribution < -0.4 is 0 Å². The fourth-order valence-corrected chi connectivity index (χ4v) is 2.11. The highest BCUT2D eigenvalue weighted by Crippen LogP contribution is 2.19. The zero-order valence-corrected chi connectivity index (χ0v) is 8.65. The average molecular weight is 241 g/mol. The van der Waals surface area contributed by atoms with Crippen LogP contribution in [0.4, 0.5) is 3.89 Å². The van der Waals surface area contributed by atoms with E-state index in [1.54, 1.807) is 0 Å². The maximum Gasteiger partial charge on any atom is 0.307 e. The van der Waals surface area contributed by atoms with Crippen LogP contribution in [-0.4, -0.2) is 60.5 Å². The second-order valence-corrected chi connectivity index (χ2v) is 5.05. The lowest BCUT2D eigenvalue weighted by molar-refractivity contribution is -0.129. The lowest BCUT2D eigenvalue weighted by Gasteiger charge is -2.18. The van der Waals surface area contributed by atoms with E-state index in [1.165, 1.54) is 0 Å². The van der Waals surface area contributed by atoms with E-state index in [9.17, 15) is 17.1 Å². The normalized spacial score (nSPS) is 24.6. The highest BCUT2D eigenvalue weighted by atomic mass is 32.3. The Bertz CT molecular complexity index is 343. The van der Waals surface area contributed by atoms with Gasteiger partial charge in [0, 0.05) is 19.5 Å². The van der Waals surface area contributed by atoms with Crippen LogP contribution in [0.2, 0.25) is 0 Å². The van der Waals surface area contributed by atoms with Crippen LogP contribution in [0.1, 0.15) is 6.42 Å². The molecule has 0 aliphatic carbocycles. The van der Waals surface area contributed by atoms with Crippen LogP contribution in [-0.2, 0) is 15.0 Å². The van der Waals surface area contributed by atoms with Crippen molar-refractivity contribution in [1.29, 1.82) is 0 Å². The molecule has 1 amide bonds. The van der Waals surface area contributed by atoms with Crippen LogP contribution >= 0.6 is 0 Å². The lowest BCUT2D eigenvalue weighted by atomic mass is 10.3. The Morgan fingerprint density at radius 3 is 2.60 bits per heavy atom. The molecule has 15 heavy (non-hydrogen) atoms. The third-order valence-electron chi connectivity index (χ3n) is 2.22. The molecule has 1 aliphatic rings. The number of carbonyl (C=O) groups is 1. The molecule has 88 valence electrons. The number of amides is 1. The molecule has 1 fully saturated rings. The van der Waals surface area contributed by atoms with E-state index in [2.05, 4.69) is 0 Å². The molecule has 0 aromatic heterocycles. The van der Waals surface area contributed by atoms with Gasteiger partial charge in [-0.05, 0) is 0 Å². The molecule has 0 saturated carbocycles. The first-order chi connectivity index (χ1) is 6.84. The third kappa shape index (κ3) is 3.11. The third-order valence-corrected chi connectivity index (χ3v) is 3.33. The molecule has 2 N–H and O–H groups in total. The van der Waals surface area contributed by atoms with Crippen molar-refractivity contribution in [2.24, 2.45) is 0 Å². The molecule has 1 heterocycles. The predicted octanol–water partition coefficient (Wildman–Crippen LogP) is -1.76. The number of β-amino-alcohol motifs (C(OH)–C–C–N with tert-alkyl or cyclic N) is 1. The number of aliphatic hydroxyl groups excluding tert-OH is 2. The highest BCUT2D eigenvalue weighted by molar-refractivity contribution is 7.87. The molecule has 0 aromatic carbocycles. The van der Waals surface area contributed by atoms with Gasteiger partial charge in [0.05, 0.1) is 12.7 Å². The first-order valence-electron chi connectivity index (χ1n) is 4.34. The van der Waals surface area contributed by atoms with Crippen molar-refractivity contribution in [2.75, 3.05) is 19.7 Å². The molecule has 6 nitrogen and oxygen atoms in total. The highest BCUT2D eigenvalue weighted by Gasteiger charge is 2.38. The lowest BCUT2D eigenvalue weighted by Crippen LogP contribution is -2.36. The van der Waals surface area contributed by atoms with E-state index in [-0.39, 0.29) is 13.1 Å². The molecule has 2 atom stereocenters. The number of hydrogen-bond acceptors (Lipinski definition) is 5. The Balaban J connectivity index is 2.61. The number of nitrogens with zero attached hydrogens (tertiary/aromatic N) is 1. The van der Waals surface area contributed by atoms with E-state index in [1.807, 2.05) is 0 Å². The van der Waals surface area contributed by atoms with Crippen molar-refractivity contribution < 1.29 is 27.3 Å². The summed E-state index contributed by atoms with van der Waals surface area (Å²) in [6, 6.07) is 0. The SMILES string of the molecule is O=C1CC(S(=O)(=O)F)CN1CC(O)CO. The average Bonchev–Trinajstić information content (AvgIpc) is 2.47. The smallest absolute Gasteiger partial charge is 0.307 e. The zero-order valence-electron chi connectivity index (χ0n) is 7.84. The first kappa shape index (κ1) is 12.3. The first-order valence-corrected chi connectivity index (χ1v) is 5.79. The molecular formula is C7H12FNO5S. The summed E-state index contributed by atoms with van der Waals surface area (Å²) in [7, 11) is -4.72. The Morgan fingerprint density at radius 2 is 2.20 bits per heavy atom. The molecular weight excluding hydrogens is 229 g/mol. The van der Waals surface area contributed by atoms with E-state index in [0.717, 1.165) is 4.90 Å². The van der Waals surface area contributed by atoms with E-state index in [0.29, 0.717) is 0 Å². The number of hydrogen-bond donors (Lipinski definition) is 2. The minimum Gasteiger partial charge on any atom is -0.394 e. The summed E-state index contributed by atoms with van der Waals surface area (Å²) in [4.78, 5) is 12.2. The number of carbonyl (C=O) groups excluding carboxylic acids is 1. The summed E-state index contributed by atoms with van der Waals surface area (Å²) in [6.45, 7) is -0.979. The minimum atomic E-state index is -4.72. The van der Waals surface area contributed by atoms with Gasteiger partial charge in [0.15, 0.2) is 0 Å². The number of aliphatic hydroxyl groups is 2. The monoisotopic (exact) mass is 241 g/mol. The minimum absolute atomic E-state index is 0.179. The quantitative estimate of drug-likeness (QED) is 0.568. The van der Waals surface area contributed by atoms with Crippen LogP contribution in [0.15, 0.2) is 0 Å². The summed E-state index contributed by atoms with van der Waals surface area (Å²) >= 11 is 0. The topological polar surface area (TPSA) is 94.9 Å². The van der Waals surface area contributed by atoms with Gasteiger partial charge in [-0.15, -0.1) is 3.89 Å². The van der Waals surface area contributed by atoms with Crippen LogP contribution in [0.3, 0.4) is 0 Å². The van der Waals surface area contributed by atoms with Crippen molar-refractivity contribution in [3.05, 3.63) is 0 Å². The largest absolute Gasteiger partial charge is 0.394 e. The Hall–Kier alpha value is -0.730. The van der Waals surface area contributed by atoms with Gasteiger partial charge < -0.3 is 15.1 Å². The zero-order chi connectivity index (χ0) is 11.6. The van der Waals surface area contributed by atoms with Gasteiger partial charge >= 0.3 is 10.2 Å². The molecule has 1 saturated heterocycles. The maximum atomic E-state index is 12.5.